The van der Waals surface area contributed by atoms with Crippen LogP contribution in [0.1, 0.15) is 22.8 Å². The molecule has 1 fully saturated rings. The van der Waals surface area contributed by atoms with Gasteiger partial charge in [0.05, 0.1) is 11.6 Å². The molecule has 2 rings (SSSR count). The SMILES string of the molecule is CCN(C(=O)c1cc(C)ccc1F)C1CNC1. The van der Waals surface area contributed by atoms with Gasteiger partial charge < -0.3 is 10.2 Å². The average molecular weight is 236 g/mol. The van der Waals surface area contributed by atoms with Gasteiger partial charge in [-0.25, -0.2) is 4.39 Å². The van der Waals surface area contributed by atoms with Gasteiger partial charge in [0.1, 0.15) is 5.82 Å². The zero-order valence-electron chi connectivity index (χ0n) is 10.2. The molecule has 1 aromatic rings. The van der Waals surface area contributed by atoms with E-state index in [1.54, 1.807) is 17.0 Å². The molecule has 0 radical (unpaired) electrons. The van der Waals surface area contributed by atoms with E-state index in [0.29, 0.717) is 6.54 Å². The van der Waals surface area contributed by atoms with Crippen LogP contribution in [0.5, 0.6) is 0 Å². The van der Waals surface area contributed by atoms with Crippen LogP contribution < -0.4 is 5.32 Å². The predicted octanol–water partition coefficient (Wildman–Crippen LogP) is 1.57. The number of hydrogen-bond acceptors (Lipinski definition) is 2. The van der Waals surface area contributed by atoms with Gasteiger partial charge in [-0.1, -0.05) is 11.6 Å². The zero-order valence-corrected chi connectivity index (χ0v) is 10.2. The summed E-state index contributed by atoms with van der Waals surface area (Å²) < 4.78 is 13.6. The second-order valence-electron chi connectivity index (χ2n) is 4.39. The minimum atomic E-state index is -0.439. The summed E-state index contributed by atoms with van der Waals surface area (Å²) in [6, 6.07) is 4.85. The zero-order chi connectivity index (χ0) is 12.4. The second-order valence-corrected chi connectivity index (χ2v) is 4.39. The fourth-order valence-electron chi connectivity index (χ4n) is 2.02. The number of aryl methyl sites for hydroxylation is 1. The van der Waals surface area contributed by atoms with Gasteiger partial charge in [0.2, 0.25) is 0 Å². The van der Waals surface area contributed by atoms with Crippen LogP contribution in [0.4, 0.5) is 4.39 Å². The highest BCUT2D eigenvalue weighted by molar-refractivity contribution is 5.95. The first-order valence-electron chi connectivity index (χ1n) is 5.91. The predicted molar refractivity (Wildman–Crippen MR) is 64.5 cm³/mol. The maximum absolute atomic E-state index is 13.6. The van der Waals surface area contributed by atoms with Crippen molar-refractivity contribution in [3.8, 4) is 0 Å². The summed E-state index contributed by atoms with van der Waals surface area (Å²) in [7, 11) is 0. The molecule has 1 aliphatic rings. The molecule has 0 saturated carbocycles. The van der Waals surface area contributed by atoms with Gasteiger partial charge in [-0.05, 0) is 26.0 Å². The number of carbonyl (C=O) groups is 1. The lowest BCUT2D eigenvalue weighted by atomic mass is 10.1. The Kier molecular flexibility index (Phi) is 3.43. The third-order valence-electron chi connectivity index (χ3n) is 3.15. The van der Waals surface area contributed by atoms with Gasteiger partial charge in [0.15, 0.2) is 0 Å². The molecule has 1 N–H and O–H groups in total. The first-order chi connectivity index (χ1) is 8.13. The lowest BCUT2D eigenvalue weighted by Gasteiger charge is -2.37. The number of likely N-dealkylation sites (N-methyl/N-ethyl adjacent to an activating group) is 1. The van der Waals surface area contributed by atoms with Crippen LogP contribution in [0.3, 0.4) is 0 Å². The number of nitrogens with zero attached hydrogens (tertiary/aromatic N) is 1. The Morgan fingerprint density at radius 2 is 2.24 bits per heavy atom. The quantitative estimate of drug-likeness (QED) is 0.864. The molecule has 3 nitrogen and oxygen atoms in total. The summed E-state index contributed by atoms with van der Waals surface area (Å²) in [5, 5.41) is 3.12. The highest BCUT2D eigenvalue weighted by Gasteiger charge is 2.29. The van der Waals surface area contributed by atoms with Gasteiger partial charge >= 0.3 is 0 Å². The Labute approximate surface area is 101 Å². The number of carbonyl (C=O) groups excluding carboxylic acids is 1. The van der Waals surface area contributed by atoms with Crippen LogP contribution in [0.25, 0.3) is 0 Å². The van der Waals surface area contributed by atoms with Crippen molar-refractivity contribution in [1.82, 2.24) is 10.2 Å². The molecule has 0 aliphatic carbocycles. The number of rotatable bonds is 3. The van der Waals surface area contributed by atoms with Gasteiger partial charge in [-0.2, -0.15) is 0 Å². The molecule has 0 bridgehead atoms. The topological polar surface area (TPSA) is 32.3 Å². The minimum absolute atomic E-state index is 0.179. The summed E-state index contributed by atoms with van der Waals surface area (Å²) in [4.78, 5) is 14.0. The number of hydrogen-bond donors (Lipinski definition) is 1. The van der Waals surface area contributed by atoms with E-state index in [9.17, 15) is 9.18 Å². The maximum Gasteiger partial charge on any atom is 0.257 e. The molecule has 1 aromatic carbocycles. The third kappa shape index (κ3) is 2.31. The Bertz CT molecular complexity index is 429. The fraction of sp³-hybridized carbons (Fsp3) is 0.462. The molecular formula is C13H17FN2O. The number of benzene rings is 1. The largest absolute Gasteiger partial charge is 0.333 e. The molecule has 0 unspecified atom stereocenters. The van der Waals surface area contributed by atoms with Crippen molar-refractivity contribution in [2.24, 2.45) is 0 Å². The highest BCUT2D eigenvalue weighted by Crippen LogP contribution is 2.15. The molecule has 92 valence electrons. The van der Waals surface area contributed by atoms with Gasteiger partial charge in [-0.15, -0.1) is 0 Å². The molecule has 4 heteroatoms. The van der Waals surface area contributed by atoms with E-state index in [0.717, 1.165) is 18.7 Å². The van der Waals surface area contributed by atoms with E-state index >= 15 is 0 Å². The molecule has 1 heterocycles. The fourth-order valence-corrected chi connectivity index (χ4v) is 2.02. The van der Waals surface area contributed by atoms with Crippen molar-refractivity contribution in [1.29, 1.82) is 0 Å². The van der Waals surface area contributed by atoms with Crippen LogP contribution in [-0.2, 0) is 0 Å². The molecular weight excluding hydrogens is 219 g/mol. The van der Waals surface area contributed by atoms with Gasteiger partial charge in [0, 0.05) is 19.6 Å². The van der Waals surface area contributed by atoms with Crippen molar-refractivity contribution in [2.75, 3.05) is 19.6 Å². The summed E-state index contributed by atoms with van der Waals surface area (Å²) in [6.45, 7) is 5.99. The number of amides is 1. The lowest BCUT2D eigenvalue weighted by Crippen LogP contribution is -2.58. The smallest absolute Gasteiger partial charge is 0.257 e. The van der Waals surface area contributed by atoms with Crippen molar-refractivity contribution >= 4 is 5.91 Å². The van der Waals surface area contributed by atoms with Crippen molar-refractivity contribution < 1.29 is 9.18 Å². The van der Waals surface area contributed by atoms with Crippen LogP contribution in [0, 0.1) is 12.7 Å². The van der Waals surface area contributed by atoms with E-state index in [2.05, 4.69) is 5.32 Å². The average Bonchev–Trinajstić information content (AvgIpc) is 2.25. The van der Waals surface area contributed by atoms with E-state index in [-0.39, 0.29) is 17.5 Å². The van der Waals surface area contributed by atoms with Crippen LogP contribution in [-0.4, -0.2) is 36.5 Å². The third-order valence-corrected chi connectivity index (χ3v) is 3.15. The first kappa shape index (κ1) is 12.0. The number of nitrogens with one attached hydrogen (secondary N) is 1. The van der Waals surface area contributed by atoms with Crippen LogP contribution >= 0.6 is 0 Å². The normalized spacial score (nSPS) is 15.5. The first-order valence-corrected chi connectivity index (χ1v) is 5.91. The molecule has 17 heavy (non-hydrogen) atoms. The van der Waals surface area contributed by atoms with Crippen LogP contribution in [0.2, 0.25) is 0 Å². The molecule has 0 atom stereocenters. The summed E-state index contributed by atoms with van der Waals surface area (Å²) in [5.74, 6) is -0.647. The summed E-state index contributed by atoms with van der Waals surface area (Å²) in [6.07, 6.45) is 0. The Balaban J connectivity index is 2.25. The Hall–Kier alpha value is -1.42. The standard InChI is InChI=1S/C13H17FN2O/c1-3-16(10-7-15-8-10)13(17)11-6-9(2)4-5-12(11)14/h4-6,10,15H,3,7-8H2,1-2H3. The van der Waals surface area contributed by atoms with E-state index in [4.69, 9.17) is 0 Å². The Morgan fingerprint density at radius 3 is 2.76 bits per heavy atom. The molecule has 1 amide bonds. The van der Waals surface area contributed by atoms with Gasteiger partial charge in [0.25, 0.3) is 5.91 Å². The highest BCUT2D eigenvalue weighted by atomic mass is 19.1. The van der Waals surface area contributed by atoms with Crippen molar-refractivity contribution in [3.05, 3.63) is 35.1 Å². The van der Waals surface area contributed by atoms with E-state index < -0.39 is 5.82 Å². The van der Waals surface area contributed by atoms with Crippen molar-refractivity contribution in [3.63, 3.8) is 0 Å². The molecule has 1 aliphatic heterocycles. The summed E-state index contributed by atoms with van der Waals surface area (Å²) >= 11 is 0. The molecule has 1 saturated heterocycles. The lowest BCUT2D eigenvalue weighted by molar-refractivity contribution is 0.0625. The second kappa shape index (κ2) is 4.84. The van der Waals surface area contributed by atoms with Gasteiger partial charge in [-0.3, -0.25) is 4.79 Å². The number of halogens is 1. The van der Waals surface area contributed by atoms with E-state index in [1.165, 1.54) is 6.07 Å². The van der Waals surface area contributed by atoms with E-state index in [1.807, 2.05) is 13.8 Å². The maximum atomic E-state index is 13.6. The molecule has 0 aromatic heterocycles. The van der Waals surface area contributed by atoms with Crippen LogP contribution in [0.15, 0.2) is 18.2 Å². The minimum Gasteiger partial charge on any atom is -0.333 e. The monoisotopic (exact) mass is 236 g/mol. The summed E-state index contributed by atoms with van der Waals surface area (Å²) in [5.41, 5.74) is 1.08. The van der Waals surface area contributed by atoms with Crippen molar-refractivity contribution in [2.45, 2.75) is 19.9 Å². The molecule has 0 spiro atoms. The Morgan fingerprint density at radius 1 is 1.53 bits per heavy atom.